The summed E-state index contributed by atoms with van der Waals surface area (Å²) >= 11 is 1.98. The second-order valence-electron chi connectivity index (χ2n) is 5.75. The van der Waals surface area contributed by atoms with Gasteiger partial charge in [0.15, 0.2) is 0 Å². The fraction of sp³-hybridized carbons (Fsp3) is 0.278. The van der Waals surface area contributed by atoms with Crippen molar-refractivity contribution in [3.05, 3.63) is 56.7 Å². The minimum atomic E-state index is -0.986. The predicted octanol–water partition coefficient (Wildman–Crippen LogP) is 2.40. The Morgan fingerprint density at radius 2 is 2.04 bits per heavy atom. The first-order chi connectivity index (χ1) is 12.8. The number of amides is 1. The first kappa shape index (κ1) is 21.3. The van der Waals surface area contributed by atoms with E-state index in [-0.39, 0.29) is 42.1 Å². The fourth-order valence-electron chi connectivity index (χ4n) is 2.39. The van der Waals surface area contributed by atoms with Crippen molar-refractivity contribution >= 4 is 34.2 Å². The highest BCUT2D eigenvalue weighted by Crippen LogP contribution is 2.26. The zero-order chi connectivity index (χ0) is 20.0. The topological polar surface area (TPSA) is 105 Å². The van der Waals surface area contributed by atoms with Crippen LogP contribution in [0.15, 0.2) is 30.3 Å². The highest BCUT2D eigenvalue weighted by atomic mass is 127. The Labute approximate surface area is 168 Å². The van der Waals surface area contributed by atoms with Gasteiger partial charge in [-0.05, 0) is 52.4 Å². The molecule has 0 fully saturated rings. The summed E-state index contributed by atoms with van der Waals surface area (Å²) in [7, 11) is 0. The second kappa shape index (κ2) is 9.81. The number of rotatable bonds is 9. The maximum Gasteiger partial charge on any atom is 0.252 e. The first-order valence-corrected chi connectivity index (χ1v) is 9.12. The van der Waals surface area contributed by atoms with Gasteiger partial charge in [0.2, 0.25) is 0 Å². The Morgan fingerprint density at radius 1 is 1.30 bits per heavy atom. The Bertz CT molecular complexity index is 820. The molecule has 146 valence electrons. The summed E-state index contributed by atoms with van der Waals surface area (Å²) in [4.78, 5) is 11.9. The number of carbonyl (C=O) groups is 1. The molecule has 0 aromatic heterocycles. The standard InChI is InChI=1S/C18H19F2IN2O4/c19-11-5-10(8-23-15-2-1-12(21)7-14(15)20)17(18(22)26)16(6-11)27-4-3-13(25)9-24/h1-2,5-7,13,23-25H,3-4,8-9H2,(H2,22,26). The molecule has 0 aliphatic carbocycles. The van der Waals surface area contributed by atoms with Gasteiger partial charge in [-0.3, -0.25) is 4.79 Å². The van der Waals surface area contributed by atoms with Gasteiger partial charge in [0.05, 0.1) is 30.6 Å². The molecule has 0 spiro atoms. The Hall–Kier alpha value is -1.98. The molecule has 1 atom stereocenters. The molecule has 0 saturated carbocycles. The van der Waals surface area contributed by atoms with Gasteiger partial charge in [-0.25, -0.2) is 8.78 Å². The van der Waals surface area contributed by atoms with E-state index >= 15 is 0 Å². The van der Waals surface area contributed by atoms with Gasteiger partial charge in [-0.15, -0.1) is 0 Å². The van der Waals surface area contributed by atoms with E-state index in [1.54, 1.807) is 6.07 Å². The van der Waals surface area contributed by atoms with Gasteiger partial charge in [0, 0.05) is 22.6 Å². The van der Waals surface area contributed by atoms with Crippen LogP contribution in [0.25, 0.3) is 0 Å². The number of benzene rings is 2. The smallest absolute Gasteiger partial charge is 0.252 e. The van der Waals surface area contributed by atoms with Crippen molar-refractivity contribution in [1.82, 2.24) is 0 Å². The SMILES string of the molecule is NC(=O)c1c(CNc2ccc(I)cc2F)cc(F)cc1OCCC(O)CO. The lowest BCUT2D eigenvalue weighted by Gasteiger charge is -2.16. The summed E-state index contributed by atoms with van der Waals surface area (Å²) in [6.45, 7) is -0.542. The van der Waals surface area contributed by atoms with Crippen molar-refractivity contribution < 1.29 is 28.5 Å². The van der Waals surface area contributed by atoms with Crippen molar-refractivity contribution in [2.24, 2.45) is 5.73 Å². The van der Waals surface area contributed by atoms with Crippen molar-refractivity contribution in [2.45, 2.75) is 19.1 Å². The van der Waals surface area contributed by atoms with Gasteiger partial charge in [0.1, 0.15) is 17.4 Å². The molecule has 0 heterocycles. The number of anilines is 1. The number of halogens is 3. The van der Waals surface area contributed by atoms with Gasteiger partial charge in [0.25, 0.3) is 5.91 Å². The summed E-state index contributed by atoms with van der Waals surface area (Å²) in [5, 5.41) is 20.9. The van der Waals surface area contributed by atoms with Crippen LogP contribution in [0, 0.1) is 15.2 Å². The molecule has 0 aliphatic rings. The van der Waals surface area contributed by atoms with E-state index in [1.807, 2.05) is 22.6 Å². The van der Waals surface area contributed by atoms with Gasteiger partial charge < -0.3 is 26.0 Å². The number of aliphatic hydroxyl groups is 2. The minimum absolute atomic E-state index is 0.0340. The summed E-state index contributed by atoms with van der Waals surface area (Å²) in [6, 6.07) is 6.71. The molecule has 1 unspecified atom stereocenters. The Morgan fingerprint density at radius 3 is 2.67 bits per heavy atom. The molecule has 2 aromatic carbocycles. The lowest BCUT2D eigenvalue weighted by Crippen LogP contribution is -2.20. The van der Waals surface area contributed by atoms with Gasteiger partial charge >= 0.3 is 0 Å². The molecule has 0 radical (unpaired) electrons. The van der Waals surface area contributed by atoms with E-state index in [2.05, 4.69) is 5.32 Å². The predicted molar refractivity (Wildman–Crippen MR) is 105 cm³/mol. The van der Waals surface area contributed by atoms with Crippen molar-refractivity contribution in [3.63, 3.8) is 0 Å². The number of carbonyl (C=O) groups excluding carboxylic acids is 1. The fourth-order valence-corrected chi connectivity index (χ4v) is 2.84. The average molecular weight is 492 g/mol. The lowest BCUT2D eigenvalue weighted by atomic mass is 10.0. The zero-order valence-electron chi connectivity index (χ0n) is 14.2. The monoisotopic (exact) mass is 492 g/mol. The van der Waals surface area contributed by atoms with Crippen LogP contribution in [0.4, 0.5) is 14.5 Å². The highest BCUT2D eigenvalue weighted by Gasteiger charge is 2.18. The quantitative estimate of drug-likeness (QED) is 0.403. The number of hydrogen-bond donors (Lipinski definition) is 4. The van der Waals surface area contributed by atoms with Gasteiger partial charge in [-0.1, -0.05) is 0 Å². The Balaban J connectivity index is 2.22. The van der Waals surface area contributed by atoms with Crippen molar-refractivity contribution in [3.8, 4) is 5.75 Å². The summed E-state index contributed by atoms with van der Waals surface area (Å²) in [6.07, 6.45) is -0.896. The number of nitrogens with one attached hydrogen (secondary N) is 1. The van der Waals surface area contributed by atoms with Gasteiger partial charge in [-0.2, -0.15) is 0 Å². The van der Waals surface area contributed by atoms with Crippen LogP contribution in [-0.4, -0.2) is 35.4 Å². The molecule has 1 amide bonds. The van der Waals surface area contributed by atoms with Crippen molar-refractivity contribution in [1.29, 1.82) is 0 Å². The number of ether oxygens (including phenoxy) is 1. The van der Waals surface area contributed by atoms with Crippen LogP contribution < -0.4 is 15.8 Å². The van der Waals surface area contributed by atoms with E-state index in [0.29, 0.717) is 0 Å². The van der Waals surface area contributed by atoms with E-state index in [0.717, 1.165) is 15.7 Å². The summed E-state index contributed by atoms with van der Waals surface area (Å²) in [5.41, 5.74) is 5.78. The molecule has 9 heteroatoms. The largest absolute Gasteiger partial charge is 0.493 e. The lowest BCUT2D eigenvalue weighted by molar-refractivity contribution is 0.0750. The summed E-state index contributed by atoms with van der Waals surface area (Å²) in [5.74, 6) is -2.04. The highest BCUT2D eigenvalue weighted by molar-refractivity contribution is 14.1. The molecule has 2 rings (SSSR count). The third-order valence-corrected chi connectivity index (χ3v) is 4.39. The van der Waals surface area contributed by atoms with E-state index < -0.39 is 30.3 Å². The molecule has 27 heavy (non-hydrogen) atoms. The third kappa shape index (κ3) is 6.01. The van der Waals surface area contributed by atoms with E-state index in [4.69, 9.17) is 15.6 Å². The number of aliphatic hydroxyl groups excluding tert-OH is 2. The second-order valence-corrected chi connectivity index (χ2v) is 7.00. The molecular formula is C18H19F2IN2O4. The third-order valence-electron chi connectivity index (χ3n) is 3.71. The number of hydrogen-bond acceptors (Lipinski definition) is 5. The van der Waals surface area contributed by atoms with Crippen molar-refractivity contribution in [2.75, 3.05) is 18.5 Å². The van der Waals surface area contributed by atoms with Crippen LogP contribution in [-0.2, 0) is 6.54 Å². The number of nitrogens with two attached hydrogens (primary N) is 1. The molecule has 5 N–H and O–H groups in total. The molecule has 0 aliphatic heterocycles. The zero-order valence-corrected chi connectivity index (χ0v) is 16.4. The number of primary amides is 1. The van der Waals surface area contributed by atoms with E-state index in [1.165, 1.54) is 12.1 Å². The summed E-state index contributed by atoms with van der Waals surface area (Å²) < 4.78 is 34.0. The Kier molecular flexibility index (Phi) is 7.75. The normalized spacial score (nSPS) is 11.9. The molecule has 0 saturated heterocycles. The first-order valence-electron chi connectivity index (χ1n) is 8.04. The van der Waals surface area contributed by atoms with Crippen LogP contribution in [0.2, 0.25) is 0 Å². The maximum atomic E-state index is 14.0. The van der Waals surface area contributed by atoms with Crippen LogP contribution >= 0.6 is 22.6 Å². The molecule has 2 aromatic rings. The maximum absolute atomic E-state index is 14.0. The minimum Gasteiger partial charge on any atom is -0.493 e. The molecule has 6 nitrogen and oxygen atoms in total. The van der Waals surface area contributed by atoms with E-state index in [9.17, 15) is 18.7 Å². The van der Waals surface area contributed by atoms with Crippen LogP contribution in [0.3, 0.4) is 0 Å². The van der Waals surface area contributed by atoms with Crippen LogP contribution in [0.1, 0.15) is 22.3 Å². The molecule has 0 bridgehead atoms. The average Bonchev–Trinajstić information content (AvgIpc) is 2.60. The van der Waals surface area contributed by atoms with Crippen LogP contribution in [0.5, 0.6) is 5.75 Å². The molecular weight excluding hydrogens is 473 g/mol.